The maximum absolute atomic E-state index is 2.61. The first-order valence-electron chi connectivity index (χ1n) is 19.0. The molecule has 2 radical (unpaired) electrons. The van der Waals surface area contributed by atoms with Gasteiger partial charge in [-0.1, -0.05) is 170 Å². The molecule has 5 aromatic carbocycles. The van der Waals surface area contributed by atoms with Crippen LogP contribution < -0.4 is 44.8 Å². The minimum absolute atomic E-state index is 0. The molecule has 5 aromatic rings. The van der Waals surface area contributed by atoms with E-state index in [0.717, 1.165) is 0 Å². The third kappa shape index (κ3) is 4.41. The number of rotatable bonds is 5. The molecule has 52 heavy (non-hydrogen) atoms. The van der Waals surface area contributed by atoms with Crippen molar-refractivity contribution in [3.63, 3.8) is 0 Å². The molecule has 7 heteroatoms. The van der Waals surface area contributed by atoms with Crippen molar-refractivity contribution in [3.05, 3.63) is 144 Å². The second kappa shape index (κ2) is 12.5. The molecule has 5 heterocycles. The van der Waals surface area contributed by atoms with Gasteiger partial charge in [-0.25, -0.2) is 0 Å². The summed E-state index contributed by atoms with van der Waals surface area (Å²) in [4.78, 5) is 0. The molecule has 5 aliphatic rings. The molecule has 0 amide bonds. The van der Waals surface area contributed by atoms with Crippen LogP contribution in [0.5, 0.6) is 0 Å². The van der Waals surface area contributed by atoms with Gasteiger partial charge in [0.15, 0.2) is 0 Å². The molecular formula is C45H55LiSi6. The van der Waals surface area contributed by atoms with Gasteiger partial charge in [-0.2, -0.15) is 0 Å². The van der Waals surface area contributed by atoms with Crippen LogP contribution in [0.2, 0.25) is 0 Å². The minimum Gasteiger partial charge on any atom is -0.261 e. The van der Waals surface area contributed by atoms with Crippen LogP contribution in [0, 0.1) is 104 Å². The Labute approximate surface area is 333 Å². The van der Waals surface area contributed by atoms with Crippen molar-refractivity contribution in [3.8, 4) is 0 Å². The Bertz CT molecular complexity index is 2130. The first-order valence-corrected chi connectivity index (χ1v) is 37.5. The topological polar surface area (TPSA) is 0 Å². The minimum atomic E-state index is -2.09. The van der Waals surface area contributed by atoms with E-state index in [0.29, 0.717) is 0 Å². The normalized spacial score (nSPS) is 18.0. The smallest absolute Gasteiger partial charge is 0.261 e. The Morgan fingerprint density at radius 2 is 0.538 bits per heavy atom. The van der Waals surface area contributed by atoms with E-state index >= 15 is 0 Å². The fraction of sp³-hybridized carbons (Fsp3) is 0.333. The molecule has 260 valence electrons. The van der Waals surface area contributed by atoms with Gasteiger partial charge >= 0.3 is 18.9 Å². The van der Waals surface area contributed by atoms with E-state index < -0.39 is 42.9 Å². The quantitative estimate of drug-likeness (QED) is 0.240. The van der Waals surface area contributed by atoms with E-state index in [4.69, 9.17) is 0 Å². The predicted molar refractivity (Wildman–Crippen MR) is 236 cm³/mol. The Balaban J connectivity index is 0.00000420. The number of hydrogen-bond acceptors (Lipinski definition) is 0. The third-order valence-corrected chi connectivity index (χ3v) is 184. The Kier molecular flexibility index (Phi) is 9.21. The summed E-state index contributed by atoms with van der Waals surface area (Å²) in [5.74, 6) is 0. The van der Waals surface area contributed by atoms with Gasteiger partial charge in [0.25, 0.3) is 0 Å². The average Bonchev–Trinajstić information content (AvgIpc) is 2.93. The van der Waals surface area contributed by atoms with E-state index in [1.165, 1.54) is 27.8 Å². The molecule has 0 aliphatic carbocycles. The van der Waals surface area contributed by atoms with Crippen LogP contribution in [-0.2, 0) is 0 Å². The van der Waals surface area contributed by atoms with E-state index in [1.54, 1.807) is 55.6 Å². The molecule has 0 saturated carbocycles. The fourth-order valence-corrected chi connectivity index (χ4v) is 349. The summed E-state index contributed by atoms with van der Waals surface area (Å²) in [7, 11) is -5.79. The van der Waals surface area contributed by atoms with Crippen LogP contribution in [0.25, 0.3) is 0 Å². The maximum atomic E-state index is 2.61. The van der Waals surface area contributed by atoms with E-state index in [-0.39, 0.29) is 18.9 Å². The zero-order valence-corrected chi connectivity index (χ0v) is 40.8. The van der Waals surface area contributed by atoms with Crippen LogP contribution in [-0.4, -0.2) is 42.9 Å². The average molecular weight is 771 g/mol. The summed E-state index contributed by atoms with van der Waals surface area (Å²) < 4.78 is 0. The zero-order valence-electron chi connectivity index (χ0n) is 34.8. The molecule has 0 N–H and O–H groups in total. The molecule has 5 fully saturated rings. The van der Waals surface area contributed by atoms with Crippen LogP contribution in [0.1, 0.15) is 83.5 Å². The summed E-state index contributed by atoms with van der Waals surface area (Å²) in [5, 5.41) is 9.66. The summed E-state index contributed by atoms with van der Waals surface area (Å²) in [6, 6.07) is 25.8. The third-order valence-electron chi connectivity index (χ3n) is 13.2. The van der Waals surface area contributed by atoms with Gasteiger partial charge in [0.2, 0.25) is 0 Å². The second-order valence-corrected chi connectivity index (χ2v) is 76.7. The predicted octanol–water partition coefficient (Wildman–Crippen LogP) is 3.65. The molecular weight excluding hydrogens is 716 g/mol. The maximum Gasteiger partial charge on any atom is 1.00 e. The molecule has 5 saturated heterocycles. The van der Waals surface area contributed by atoms with Crippen molar-refractivity contribution in [1.82, 2.24) is 0 Å². The molecule has 5 aliphatic heterocycles. The van der Waals surface area contributed by atoms with Crippen LogP contribution in [0.4, 0.5) is 0 Å². The van der Waals surface area contributed by atoms with Crippen molar-refractivity contribution in [2.24, 2.45) is 0 Å². The van der Waals surface area contributed by atoms with Crippen molar-refractivity contribution >= 4 is 68.8 Å². The van der Waals surface area contributed by atoms with Crippen molar-refractivity contribution in [2.75, 3.05) is 0 Å². The number of benzene rings is 5. The SMILES string of the molecule is Cc1cc(C)c([Si]2(c3c(C)cc(C)cc3C)[Si]3[Si-]4[Si]2[Si]3(c2c(C)cc(C)cc2C)[Si]4(c2c(C)cc(C)cc2C)c2c(C)cc(C)cc2C)c(C)c1.[Li+]. The van der Waals surface area contributed by atoms with E-state index in [9.17, 15) is 0 Å². The van der Waals surface area contributed by atoms with Crippen molar-refractivity contribution < 1.29 is 18.9 Å². The Hall–Kier alpha value is -2.00. The molecule has 0 atom stereocenters. The molecule has 10 rings (SSSR count). The van der Waals surface area contributed by atoms with Crippen molar-refractivity contribution in [1.29, 1.82) is 0 Å². The van der Waals surface area contributed by atoms with Gasteiger partial charge in [-0.15, -0.1) is 14.7 Å². The number of hydrogen-bond donors (Lipinski definition) is 0. The summed E-state index contributed by atoms with van der Waals surface area (Å²) in [6.45, 7) is 34.9. The van der Waals surface area contributed by atoms with Gasteiger partial charge in [0, 0.05) is 7.11 Å². The van der Waals surface area contributed by atoms with Crippen LogP contribution >= 0.6 is 0 Å². The van der Waals surface area contributed by atoms with Crippen LogP contribution in [0.3, 0.4) is 0 Å². The Morgan fingerprint density at radius 3 is 0.788 bits per heavy atom. The van der Waals surface area contributed by atoms with Gasteiger partial charge in [-0.3, -0.25) is 7.35 Å². The molecule has 0 aromatic heterocycles. The monoisotopic (exact) mass is 770 g/mol. The van der Waals surface area contributed by atoms with Gasteiger partial charge in [-0.05, 0) is 118 Å². The van der Waals surface area contributed by atoms with Gasteiger partial charge < -0.3 is 0 Å². The fourth-order valence-electron chi connectivity index (χ4n) is 13.0. The summed E-state index contributed by atoms with van der Waals surface area (Å²) in [5.41, 5.74) is 23.5. The standard InChI is InChI=1S/C45H55Si6.Li/c1-26-16-31(6)41(32(7)17-26)49(42-33(8)18-27(2)19-34(42)9)47-46-48(49)51(47,45-39(14)24-30(5)25-40(45)15)50(46,43-35(10)20-28(3)21-36(43)11)44-37(12)22-29(4)23-38(44)13;/h16-25H,1-15H3;/q-1;+1. The summed E-state index contributed by atoms with van der Waals surface area (Å²) >= 11 is 0. The van der Waals surface area contributed by atoms with E-state index in [1.807, 2.05) is 25.9 Å². The molecule has 4 bridgehead atoms. The molecule has 0 nitrogen and oxygen atoms in total. The first-order chi connectivity index (χ1) is 24.0. The number of aryl methyl sites for hydroxylation is 15. The van der Waals surface area contributed by atoms with Gasteiger partial charge in [0.05, 0.1) is 0 Å². The second-order valence-electron chi connectivity index (χ2n) is 17.2. The zero-order chi connectivity index (χ0) is 36.9. The van der Waals surface area contributed by atoms with Crippen LogP contribution in [0.15, 0.2) is 60.7 Å². The summed E-state index contributed by atoms with van der Waals surface area (Å²) in [6.07, 6.45) is 0. The van der Waals surface area contributed by atoms with E-state index in [2.05, 4.69) is 165 Å². The molecule has 0 spiro atoms. The largest absolute Gasteiger partial charge is 1.00 e. The molecule has 0 unspecified atom stereocenters. The van der Waals surface area contributed by atoms with Gasteiger partial charge in [0.1, 0.15) is 0 Å². The first kappa shape index (κ1) is 38.3. The Morgan fingerprint density at radius 1 is 0.327 bits per heavy atom. The van der Waals surface area contributed by atoms with Crippen molar-refractivity contribution in [2.45, 2.75) is 104 Å².